The highest BCUT2D eigenvalue weighted by Crippen LogP contribution is 2.12. The maximum atomic E-state index is 12.0. The van der Waals surface area contributed by atoms with Crippen molar-refractivity contribution >= 4 is 23.6 Å². The number of benzene rings is 1. The van der Waals surface area contributed by atoms with Gasteiger partial charge in [-0.25, -0.2) is 4.79 Å². The molecule has 0 fully saturated rings. The normalized spacial score (nSPS) is 10.5. The van der Waals surface area contributed by atoms with E-state index in [1.54, 1.807) is 30.3 Å². The van der Waals surface area contributed by atoms with Crippen molar-refractivity contribution in [1.82, 2.24) is 4.98 Å². The Morgan fingerprint density at radius 1 is 1.19 bits per heavy atom. The Kier molecular flexibility index (Phi) is 4.30. The van der Waals surface area contributed by atoms with Crippen LogP contribution in [0, 0.1) is 0 Å². The molecule has 2 aromatic rings. The number of aromatic amines is 1. The van der Waals surface area contributed by atoms with Crippen molar-refractivity contribution in [3.63, 3.8) is 0 Å². The summed E-state index contributed by atoms with van der Waals surface area (Å²) in [6.07, 6.45) is 3.85. The highest BCUT2D eigenvalue weighted by atomic mass is 16.4. The lowest BCUT2D eigenvalue weighted by Gasteiger charge is -2.05. The summed E-state index contributed by atoms with van der Waals surface area (Å²) in [6, 6.07) is 9.60. The van der Waals surface area contributed by atoms with Crippen LogP contribution in [0.1, 0.15) is 15.9 Å². The largest absolute Gasteiger partial charge is 0.478 e. The molecule has 0 aliphatic heterocycles. The summed E-state index contributed by atoms with van der Waals surface area (Å²) in [7, 11) is 0. The Balaban J connectivity index is 2.19. The minimum atomic E-state index is -1.06. The van der Waals surface area contributed by atoms with E-state index in [-0.39, 0.29) is 5.56 Å². The zero-order valence-corrected chi connectivity index (χ0v) is 10.9. The molecule has 0 atom stereocenters. The first-order valence-electron chi connectivity index (χ1n) is 6.06. The van der Waals surface area contributed by atoms with Crippen LogP contribution >= 0.6 is 0 Å². The van der Waals surface area contributed by atoms with Gasteiger partial charge in [0.25, 0.3) is 11.5 Å². The van der Waals surface area contributed by atoms with Crippen LogP contribution in [0.5, 0.6) is 0 Å². The summed E-state index contributed by atoms with van der Waals surface area (Å²) < 4.78 is 0. The van der Waals surface area contributed by atoms with Gasteiger partial charge in [0, 0.05) is 18.0 Å². The number of carbonyl (C=O) groups excluding carboxylic acids is 1. The topological polar surface area (TPSA) is 99.3 Å². The molecule has 0 saturated carbocycles. The van der Waals surface area contributed by atoms with E-state index in [1.807, 2.05) is 0 Å². The van der Waals surface area contributed by atoms with Gasteiger partial charge in [0.1, 0.15) is 5.56 Å². The van der Waals surface area contributed by atoms with E-state index >= 15 is 0 Å². The third-order valence-corrected chi connectivity index (χ3v) is 2.63. The summed E-state index contributed by atoms with van der Waals surface area (Å²) >= 11 is 0. The fourth-order valence-electron chi connectivity index (χ4n) is 1.69. The number of hydrogen-bond acceptors (Lipinski definition) is 3. The van der Waals surface area contributed by atoms with E-state index in [9.17, 15) is 14.4 Å². The number of rotatable bonds is 4. The van der Waals surface area contributed by atoms with Crippen LogP contribution in [0.25, 0.3) is 6.08 Å². The molecule has 0 saturated heterocycles. The number of anilines is 1. The average molecular weight is 284 g/mol. The molecule has 1 aromatic carbocycles. The molecule has 6 nitrogen and oxygen atoms in total. The van der Waals surface area contributed by atoms with Crippen molar-refractivity contribution in [2.24, 2.45) is 0 Å². The summed E-state index contributed by atoms with van der Waals surface area (Å²) in [5.41, 5.74) is 0.619. The maximum absolute atomic E-state index is 12.0. The third-order valence-electron chi connectivity index (χ3n) is 2.63. The Morgan fingerprint density at radius 2 is 2.00 bits per heavy atom. The van der Waals surface area contributed by atoms with Gasteiger partial charge in [-0.15, -0.1) is 0 Å². The Hall–Kier alpha value is -3.15. The number of pyridine rings is 1. The summed E-state index contributed by atoms with van der Waals surface area (Å²) in [6.45, 7) is 0. The molecule has 0 spiro atoms. The number of carboxylic acids is 1. The molecule has 1 heterocycles. The van der Waals surface area contributed by atoms with Gasteiger partial charge < -0.3 is 15.4 Å². The second kappa shape index (κ2) is 6.33. The molecule has 6 heteroatoms. The van der Waals surface area contributed by atoms with Crippen molar-refractivity contribution in [3.05, 3.63) is 70.2 Å². The molecule has 1 amide bonds. The lowest BCUT2D eigenvalue weighted by atomic mass is 10.1. The molecule has 0 unspecified atom stereocenters. The molecule has 21 heavy (non-hydrogen) atoms. The lowest BCUT2D eigenvalue weighted by molar-refractivity contribution is -0.131. The summed E-state index contributed by atoms with van der Waals surface area (Å²) in [5, 5.41) is 11.2. The number of hydrogen-bond donors (Lipinski definition) is 3. The molecule has 0 radical (unpaired) electrons. The molecule has 3 N–H and O–H groups in total. The smallest absolute Gasteiger partial charge is 0.328 e. The van der Waals surface area contributed by atoms with Crippen LogP contribution in [0.15, 0.2) is 53.5 Å². The minimum Gasteiger partial charge on any atom is -0.478 e. The molecule has 106 valence electrons. The minimum absolute atomic E-state index is 0.00369. The number of nitrogens with one attached hydrogen (secondary N) is 2. The van der Waals surface area contributed by atoms with Gasteiger partial charge in [-0.05, 0) is 35.9 Å². The van der Waals surface area contributed by atoms with E-state index in [2.05, 4.69) is 10.3 Å². The number of aliphatic carboxylic acids is 1. The number of aromatic nitrogens is 1. The standard InChI is InChI=1S/C15H12N2O4/c18-13(19)7-6-10-3-1-4-11(9-10)17-15(21)12-5-2-8-16-14(12)20/h1-9H,(H,16,20)(H,17,21)(H,18,19)/b7-6+. The van der Waals surface area contributed by atoms with Gasteiger partial charge >= 0.3 is 5.97 Å². The van der Waals surface area contributed by atoms with Crippen LogP contribution in [-0.4, -0.2) is 22.0 Å². The van der Waals surface area contributed by atoms with Crippen LogP contribution in [-0.2, 0) is 4.79 Å². The second-order valence-corrected chi connectivity index (χ2v) is 4.16. The number of carbonyl (C=O) groups is 2. The Labute approximate surface area is 119 Å². The molecule has 1 aromatic heterocycles. The highest BCUT2D eigenvalue weighted by Gasteiger charge is 2.09. The van der Waals surface area contributed by atoms with Crippen LogP contribution < -0.4 is 10.9 Å². The monoisotopic (exact) mass is 284 g/mol. The van der Waals surface area contributed by atoms with Gasteiger partial charge in [-0.1, -0.05) is 12.1 Å². The van der Waals surface area contributed by atoms with Crippen LogP contribution in [0.3, 0.4) is 0 Å². The van der Waals surface area contributed by atoms with Crippen molar-refractivity contribution in [1.29, 1.82) is 0 Å². The van der Waals surface area contributed by atoms with Crippen molar-refractivity contribution < 1.29 is 14.7 Å². The van der Waals surface area contributed by atoms with E-state index in [4.69, 9.17) is 5.11 Å². The summed E-state index contributed by atoms with van der Waals surface area (Å²) in [5.74, 6) is -1.59. The number of amides is 1. The van der Waals surface area contributed by atoms with E-state index < -0.39 is 17.4 Å². The zero-order valence-electron chi connectivity index (χ0n) is 10.9. The lowest BCUT2D eigenvalue weighted by Crippen LogP contribution is -2.22. The maximum Gasteiger partial charge on any atom is 0.328 e. The number of H-pyrrole nitrogens is 1. The fourth-order valence-corrected chi connectivity index (χ4v) is 1.69. The average Bonchev–Trinajstić information content (AvgIpc) is 2.46. The fraction of sp³-hybridized carbons (Fsp3) is 0. The predicted molar refractivity (Wildman–Crippen MR) is 78.1 cm³/mol. The first kappa shape index (κ1) is 14.3. The molecular formula is C15H12N2O4. The molecular weight excluding hydrogens is 272 g/mol. The molecule has 0 aliphatic rings. The van der Waals surface area contributed by atoms with Crippen molar-refractivity contribution in [3.8, 4) is 0 Å². The first-order chi connectivity index (χ1) is 10.1. The van der Waals surface area contributed by atoms with E-state index in [0.29, 0.717) is 11.3 Å². The summed E-state index contributed by atoms with van der Waals surface area (Å²) in [4.78, 5) is 36.4. The third kappa shape index (κ3) is 3.90. The first-order valence-corrected chi connectivity index (χ1v) is 6.06. The number of carboxylic acid groups (broad SMARTS) is 1. The quantitative estimate of drug-likeness (QED) is 0.744. The SMILES string of the molecule is O=C(O)/C=C/c1cccc(NC(=O)c2ccc[nH]c2=O)c1. The zero-order chi connectivity index (χ0) is 15.2. The Morgan fingerprint density at radius 3 is 2.71 bits per heavy atom. The molecule has 2 rings (SSSR count). The Bertz CT molecular complexity index is 762. The van der Waals surface area contributed by atoms with Crippen molar-refractivity contribution in [2.75, 3.05) is 5.32 Å². The van der Waals surface area contributed by atoms with Gasteiger partial charge in [0.05, 0.1) is 0 Å². The van der Waals surface area contributed by atoms with Crippen LogP contribution in [0.2, 0.25) is 0 Å². The predicted octanol–water partition coefficient (Wildman–Crippen LogP) is 1.72. The molecule has 0 bridgehead atoms. The van der Waals surface area contributed by atoms with Crippen LogP contribution in [0.4, 0.5) is 5.69 Å². The van der Waals surface area contributed by atoms with Gasteiger partial charge in [0.2, 0.25) is 0 Å². The van der Waals surface area contributed by atoms with Gasteiger partial charge in [0.15, 0.2) is 0 Å². The van der Waals surface area contributed by atoms with E-state index in [1.165, 1.54) is 18.3 Å². The van der Waals surface area contributed by atoms with Crippen molar-refractivity contribution in [2.45, 2.75) is 0 Å². The van der Waals surface area contributed by atoms with E-state index in [0.717, 1.165) is 6.08 Å². The highest BCUT2D eigenvalue weighted by molar-refractivity contribution is 6.04. The van der Waals surface area contributed by atoms with Gasteiger partial charge in [-0.2, -0.15) is 0 Å². The second-order valence-electron chi connectivity index (χ2n) is 4.16. The van der Waals surface area contributed by atoms with Gasteiger partial charge in [-0.3, -0.25) is 9.59 Å². The molecule has 0 aliphatic carbocycles.